The van der Waals surface area contributed by atoms with Crippen molar-refractivity contribution >= 4 is 5.91 Å². The highest BCUT2D eigenvalue weighted by atomic mass is 16.5. The third-order valence-corrected chi connectivity index (χ3v) is 3.71. The molecule has 0 bridgehead atoms. The van der Waals surface area contributed by atoms with Crippen LogP contribution in [-0.4, -0.2) is 23.2 Å². The van der Waals surface area contributed by atoms with Gasteiger partial charge < -0.3 is 15.6 Å². The van der Waals surface area contributed by atoms with E-state index in [0.29, 0.717) is 13.2 Å². The van der Waals surface area contributed by atoms with Crippen molar-refractivity contribution in [2.45, 2.75) is 25.6 Å². The number of hydrogen-bond donors (Lipinski definition) is 3. The number of rotatable bonds is 8. The molecule has 1 amide bonds. The fourth-order valence-electron chi connectivity index (χ4n) is 1.96. The minimum absolute atomic E-state index is 0.347. The summed E-state index contributed by atoms with van der Waals surface area (Å²) < 4.78 is 5.72. The Balaban J connectivity index is 1.88. The molecule has 0 fully saturated rings. The van der Waals surface area contributed by atoms with Crippen LogP contribution in [0.1, 0.15) is 18.1 Å². The van der Waals surface area contributed by atoms with E-state index in [0.717, 1.165) is 16.9 Å². The van der Waals surface area contributed by atoms with Gasteiger partial charge in [-0.25, -0.2) is 0 Å². The van der Waals surface area contributed by atoms with Crippen LogP contribution in [0.5, 0.6) is 5.75 Å². The molecule has 122 valence electrons. The predicted octanol–water partition coefficient (Wildman–Crippen LogP) is 1.59. The standard InChI is InChI=1S/C18H22N2O3/c1-18(13-21,17(19)22)20-11-14-7-9-16(10-8-14)23-12-15-5-3-2-4-6-15/h2-10,20-21H,11-13H2,1H3,(H2,19,22). The summed E-state index contributed by atoms with van der Waals surface area (Å²) in [6, 6.07) is 17.5. The lowest BCUT2D eigenvalue weighted by atomic mass is 10.0. The van der Waals surface area contributed by atoms with Gasteiger partial charge in [-0.15, -0.1) is 0 Å². The number of nitrogens with one attached hydrogen (secondary N) is 1. The first-order valence-corrected chi connectivity index (χ1v) is 7.45. The molecular formula is C18H22N2O3. The van der Waals surface area contributed by atoms with Gasteiger partial charge in [-0.1, -0.05) is 42.5 Å². The van der Waals surface area contributed by atoms with Gasteiger partial charge in [0, 0.05) is 6.54 Å². The normalized spacial score (nSPS) is 13.3. The quantitative estimate of drug-likeness (QED) is 0.691. The number of carbonyl (C=O) groups is 1. The Bertz CT molecular complexity index is 628. The number of nitrogens with two attached hydrogens (primary N) is 1. The van der Waals surface area contributed by atoms with Gasteiger partial charge in [-0.05, 0) is 30.2 Å². The third-order valence-electron chi connectivity index (χ3n) is 3.71. The topological polar surface area (TPSA) is 84.6 Å². The van der Waals surface area contributed by atoms with Gasteiger partial charge in [0.2, 0.25) is 5.91 Å². The summed E-state index contributed by atoms with van der Waals surface area (Å²) in [6.45, 7) is 2.18. The summed E-state index contributed by atoms with van der Waals surface area (Å²) in [7, 11) is 0. The largest absolute Gasteiger partial charge is 0.489 e. The van der Waals surface area contributed by atoms with Crippen LogP contribution in [0, 0.1) is 0 Å². The highest BCUT2D eigenvalue weighted by Crippen LogP contribution is 2.15. The van der Waals surface area contributed by atoms with Crippen LogP contribution in [0.15, 0.2) is 54.6 Å². The van der Waals surface area contributed by atoms with Crippen LogP contribution in [-0.2, 0) is 17.9 Å². The average Bonchev–Trinajstić information content (AvgIpc) is 2.59. The zero-order chi connectivity index (χ0) is 16.7. The molecule has 1 atom stereocenters. The van der Waals surface area contributed by atoms with Crippen molar-refractivity contribution in [1.82, 2.24) is 5.32 Å². The maximum Gasteiger partial charge on any atom is 0.239 e. The Hall–Kier alpha value is -2.37. The molecule has 0 saturated carbocycles. The molecule has 0 aliphatic heterocycles. The van der Waals surface area contributed by atoms with Crippen LogP contribution < -0.4 is 15.8 Å². The Labute approximate surface area is 136 Å². The fraction of sp³-hybridized carbons (Fsp3) is 0.278. The molecule has 0 spiro atoms. The van der Waals surface area contributed by atoms with Gasteiger partial charge >= 0.3 is 0 Å². The molecule has 0 saturated heterocycles. The van der Waals surface area contributed by atoms with Crippen molar-refractivity contribution in [1.29, 1.82) is 0 Å². The van der Waals surface area contributed by atoms with Crippen LogP contribution in [0.4, 0.5) is 0 Å². The Morgan fingerprint density at radius 2 is 1.78 bits per heavy atom. The van der Waals surface area contributed by atoms with E-state index in [1.807, 2.05) is 54.6 Å². The van der Waals surface area contributed by atoms with Gasteiger partial charge in [0.15, 0.2) is 0 Å². The van der Waals surface area contributed by atoms with Gasteiger partial charge in [0.25, 0.3) is 0 Å². The van der Waals surface area contributed by atoms with E-state index in [1.165, 1.54) is 0 Å². The van der Waals surface area contributed by atoms with E-state index >= 15 is 0 Å². The van der Waals surface area contributed by atoms with E-state index in [-0.39, 0.29) is 6.61 Å². The lowest BCUT2D eigenvalue weighted by Crippen LogP contribution is -2.55. The van der Waals surface area contributed by atoms with Gasteiger partial charge in [0.05, 0.1) is 6.61 Å². The molecule has 4 N–H and O–H groups in total. The minimum atomic E-state index is -1.12. The SMILES string of the molecule is CC(CO)(NCc1ccc(OCc2ccccc2)cc1)C(N)=O. The molecular weight excluding hydrogens is 292 g/mol. The Morgan fingerprint density at radius 1 is 1.13 bits per heavy atom. The molecule has 0 heterocycles. The molecule has 5 nitrogen and oxygen atoms in total. The first-order chi connectivity index (χ1) is 11.0. The second kappa shape index (κ2) is 7.76. The van der Waals surface area contributed by atoms with E-state index < -0.39 is 11.4 Å². The van der Waals surface area contributed by atoms with Gasteiger partial charge in [0.1, 0.15) is 17.9 Å². The molecule has 2 aromatic rings. The molecule has 23 heavy (non-hydrogen) atoms. The number of aliphatic hydroxyl groups excluding tert-OH is 1. The van der Waals surface area contributed by atoms with Crippen molar-refractivity contribution in [3.05, 3.63) is 65.7 Å². The fourth-order valence-corrected chi connectivity index (χ4v) is 1.96. The summed E-state index contributed by atoms with van der Waals surface area (Å²) >= 11 is 0. The maximum absolute atomic E-state index is 11.3. The zero-order valence-corrected chi connectivity index (χ0v) is 13.2. The summed E-state index contributed by atoms with van der Waals surface area (Å²) in [5, 5.41) is 12.2. The first-order valence-electron chi connectivity index (χ1n) is 7.45. The van der Waals surface area contributed by atoms with Crippen LogP contribution in [0.3, 0.4) is 0 Å². The molecule has 2 rings (SSSR count). The average molecular weight is 314 g/mol. The molecule has 1 unspecified atom stereocenters. The molecule has 0 radical (unpaired) electrons. The lowest BCUT2D eigenvalue weighted by Gasteiger charge is -2.25. The molecule has 5 heteroatoms. The number of benzene rings is 2. The second-order valence-electron chi connectivity index (χ2n) is 5.63. The summed E-state index contributed by atoms with van der Waals surface area (Å²) in [6.07, 6.45) is 0. The number of hydrogen-bond acceptors (Lipinski definition) is 4. The first kappa shape index (κ1) is 17.0. The van der Waals surface area contributed by atoms with Crippen LogP contribution in [0.2, 0.25) is 0 Å². The molecule has 2 aromatic carbocycles. The Morgan fingerprint density at radius 3 is 2.35 bits per heavy atom. The van der Waals surface area contributed by atoms with Crippen LogP contribution in [0.25, 0.3) is 0 Å². The monoisotopic (exact) mass is 314 g/mol. The second-order valence-corrected chi connectivity index (χ2v) is 5.63. The highest BCUT2D eigenvalue weighted by Gasteiger charge is 2.29. The van der Waals surface area contributed by atoms with Crippen molar-refractivity contribution in [3.63, 3.8) is 0 Å². The number of aliphatic hydroxyl groups is 1. The smallest absolute Gasteiger partial charge is 0.239 e. The third kappa shape index (κ3) is 4.81. The van der Waals surface area contributed by atoms with E-state index in [1.54, 1.807) is 6.92 Å². The van der Waals surface area contributed by atoms with Crippen LogP contribution >= 0.6 is 0 Å². The van der Waals surface area contributed by atoms with E-state index in [2.05, 4.69) is 5.32 Å². The minimum Gasteiger partial charge on any atom is -0.489 e. The van der Waals surface area contributed by atoms with E-state index in [4.69, 9.17) is 10.5 Å². The van der Waals surface area contributed by atoms with Crippen molar-refractivity contribution in [2.24, 2.45) is 5.73 Å². The highest BCUT2D eigenvalue weighted by molar-refractivity contribution is 5.84. The lowest BCUT2D eigenvalue weighted by molar-refractivity contribution is -0.125. The zero-order valence-electron chi connectivity index (χ0n) is 13.2. The van der Waals surface area contributed by atoms with Crippen molar-refractivity contribution in [2.75, 3.05) is 6.61 Å². The summed E-state index contributed by atoms with van der Waals surface area (Å²) in [5.74, 6) is 0.195. The number of primary amides is 1. The summed E-state index contributed by atoms with van der Waals surface area (Å²) in [4.78, 5) is 11.3. The van der Waals surface area contributed by atoms with E-state index in [9.17, 15) is 9.90 Å². The predicted molar refractivity (Wildman–Crippen MR) is 88.7 cm³/mol. The maximum atomic E-state index is 11.3. The van der Waals surface area contributed by atoms with Crippen molar-refractivity contribution < 1.29 is 14.6 Å². The number of amides is 1. The van der Waals surface area contributed by atoms with Gasteiger partial charge in [-0.2, -0.15) is 0 Å². The number of ether oxygens (including phenoxy) is 1. The Kier molecular flexibility index (Phi) is 5.73. The number of carbonyl (C=O) groups excluding carboxylic acids is 1. The van der Waals surface area contributed by atoms with Crippen molar-refractivity contribution in [3.8, 4) is 5.75 Å². The molecule has 0 aliphatic rings. The summed E-state index contributed by atoms with van der Waals surface area (Å²) in [5.41, 5.74) is 6.24. The molecule has 0 aliphatic carbocycles. The molecule has 0 aromatic heterocycles. The van der Waals surface area contributed by atoms with Gasteiger partial charge in [-0.3, -0.25) is 10.1 Å².